The molecule has 0 bridgehead atoms. The molecular weight excluding hydrogens is 144 g/mol. The molecule has 1 atom stereocenters. The second-order valence-electron chi connectivity index (χ2n) is 2.76. The molecule has 0 spiro atoms. The van der Waals surface area contributed by atoms with Crippen molar-refractivity contribution in [1.29, 1.82) is 0 Å². The summed E-state index contributed by atoms with van der Waals surface area (Å²) in [5.41, 5.74) is 4.76. The van der Waals surface area contributed by atoms with Gasteiger partial charge in [0.1, 0.15) is 11.3 Å². The highest BCUT2D eigenvalue weighted by Gasteiger charge is 2.24. The highest BCUT2D eigenvalue weighted by Crippen LogP contribution is 2.14. The van der Waals surface area contributed by atoms with Gasteiger partial charge in [-0.05, 0) is 6.92 Å². The molecule has 62 valence electrons. The number of rotatable bonds is 2. The molecule has 1 aromatic rings. The summed E-state index contributed by atoms with van der Waals surface area (Å²) in [6.45, 7) is 1.75. The van der Waals surface area contributed by atoms with E-state index in [1.165, 1.54) is 4.68 Å². The second-order valence-corrected chi connectivity index (χ2v) is 2.76. The van der Waals surface area contributed by atoms with Crippen LogP contribution in [0.25, 0.3) is 0 Å². The van der Waals surface area contributed by atoms with E-state index in [1.54, 1.807) is 20.2 Å². The third-order valence-electron chi connectivity index (χ3n) is 1.55. The Morgan fingerprint density at radius 2 is 2.45 bits per heavy atom. The Bertz CT molecular complexity index is 242. The van der Waals surface area contributed by atoms with Gasteiger partial charge >= 0.3 is 0 Å². The average molecular weight is 156 g/mol. The zero-order valence-electron chi connectivity index (χ0n) is 6.65. The molecule has 5 nitrogen and oxygen atoms in total. The lowest BCUT2D eigenvalue weighted by atomic mass is 10.0. The van der Waals surface area contributed by atoms with Crippen LogP contribution in [0.4, 0.5) is 0 Å². The zero-order valence-corrected chi connectivity index (χ0v) is 6.65. The van der Waals surface area contributed by atoms with E-state index < -0.39 is 5.60 Å². The van der Waals surface area contributed by atoms with Crippen molar-refractivity contribution in [2.45, 2.75) is 12.5 Å². The second kappa shape index (κ2) is 2.60. The van der Waals surface area contributed by atoms with Crippen molar-refractivity contribution in [1.82, 2.24) is 15.0 Å². The average Bonchev–Trinajstić information content (AvgIpc) is 2.36. The molecule has 0 aliphatic carbocycles. The largest absolute Gasteiger partial charge is 0.382 e. The summed E-state index contributed by atoms with van der Waals surface area (Å²) in [6, 6.07) is 0. The van der Waals surface area contributed by atoms with Crippen LogP contribution in [-0.4, -0.2) is 26.6 Å². The summed E-state index contributed by atoms with van der Waals surface area (Å²) in [5, 5.41) is 17.0. The Hall–Kier alpha value is -0.940. The van der Waals surface area contributed by atoms with E-state index in [1.807, 2.05) is 0 Å². The number of aliphatic hydroxyl groups is 1. The maximum Gasteiger partial charge on any atom is 0.119 e. The van der Waals surface area contributed by atoms with Gasteiger partial charge in [0.2, 0.25) is 0 Å². The number of aryl methyl sites for hydroxylation is 1. The first-order valence-corrected chi connectivity index (χ1v) is 3.35. The number of hydrogen-bond acceptors (Lipinski definition) is 4. The predicted molar refractivity (Wildman–Crippen MR) is 39.6 cm³/mol. The van der Waals surface area contributed by atoms with Crippen molar-refractivity contribution in [3.63, 3.8) is 0 Å². The molecule has 0 saturated carbocycles. The van der Waals surface area contributed by atoms with Crippen LogP contribution >= 0.6 is 0 Å². The van der Waals surface area contributed by atoms with Gasteiger partial charge in [0.15, 0.2) is 0 Å². The summed E-state index contributed by atoms with van der Waals surface area (Å²) < 4.78 is 1.53. The van der Waals surface area contributed by atoms with Crippen molar-refractivity contribution in [3.05, 3.63) is 11.9 Å². The maximum atomic E-state index is 9.57. The van der Waals surface area contributed by atoms with Crippen LogP contribution in [-0.2, 0) is 12.6 Å². The molecular formula is C6H12N4O. The molecule has 0 amide bonds. The quantitative estimate of drug-likeness (QED) is 0.574. The highest BCUT2D eigenvalue weighted by atomic mass is 16.3. The van der Waals surface area contributed by atoms with E-state index in [2.05, 4.69) is 10.3 Å². The van der Waals surface area contributed by atoms with Gasteiger partial charge < -0.3 is 10.8 Å². The molecule has 0 aromatic carbocycles. The van der Waals surface area contributed by atoms with Crippen LogP contribution in [0.15, 0.2) is 6.20 Å². The van der Waals surface area contributed by atoms with E-state index in [4.69, 9.17) is 5.73 Å². The van der Waals surface area contributed by atoms with Gasteiger partial charge in [-0.3, -0.25) is 4.68 Å². The fraction of sp³-hybridized carbons (Fsp3) is 0.667. The lowest BCUT2D eigenvalue weighted by molar-refractivity contribution is 0.0621. The van der Waals surface area contributed by atoms with Crippen LogP contribution in [0.2, 0.25) is 0 Å². The third-order valence-corrected chi connectivity index (χ3v) is 1.55. The highest BCUT2D eigenvalue weighted by molar-refractivity contribution is 5.04. The van der Waals surface area contributed by atoms with Crippen molar-refractivity contribution < 1.29 is 5.11 Å². The minimum atomic E-state index is -1.06. The fourth-order valence-corrected chi connectivity index (χ4v) is 0.699. The zero-order chi connectivity index (χ0) is 8.48. The molecule has 1 rings (SSSR count). The van der Waals surface area contributed by atoms with E-state index in [0.29, 0.717) is 5.69 Å². The Morgan fingerprint density at radius 3 is 2.82 bits per heavy atom. The fourth-order valence-electron chi connectivity index (χ4n) is 0.699. The van der Waals surface area contributed by atoms with E-state index >= 15 is 0 Å². The lowest BCUT2D eigenvalue weighted by Gasteiger charge is -2.16. The van der Waals surface area contributed by atoms with E-state index in [-0.39, 0.29) is 6.54 Å². The summed E-state index contributed by atoms with van der Waals surface area (Å²) in [4.78, 5) is 0. The Morgan fingerprint density at radius 1 is 1.82 bits per heavy atom. The van der Waals surface area contributed by atoms with Crippen LogP contribution < -0.4 is 5.73 Å². The summed E-state index contributed by atoms with van der Waals surface area (Å²) in [6.07, 6.45) is 1.65. The molecule has 1 heterocycles. The van der Waals surface area contributed by atoms with Crippen LogP contribution in [0.3, 0.4) is 0 Å². The minimum Gasteiger partial charge on any atom is -0.382 e. The molecule has 0 fully saturated rings. The molecule has 0 aliphatic heterocycles. The van der Waals surface area contributed by atoms with Crippen LogP contribution in [0.5, 0.6) is 0 Å². The standard InChI is InChI=1S/C6H12N4O/c1-6(11,4-7)5-3-10(2)9-8-5/h3,11H,4,7H2,1-2H3. The number of aromatic nitrogens is 3. The van der Waals surface area contributed by atoms with Crippen LogP contribution in [0, 0.1) is 0 Å². The molecule has 0 radical (unpaired) electrons. The third kappa shape index (κ3) is 1.55. The van der Waals surface area contributed by atoms with Gasteiger partial charge in [-0.15, -0.1) is 5.10 Å². The van der Waals surface area contributed by atoms with Gasteiger partial charge in [-0.2, -0.15) is 0 Å². The number of nitrogens with two attached hydrogens (primary N) is 1. The first kappa shape index (κ1) is 8.16. The van der Waals surface area contributed by atoms with Gasteiger partial charge in [0.05, 0.1) is 6.20 Å². The normalized spacial score (nSPS) is 16.4. The molecule has 1 unspecified atom stereocenters. The topological polar surface area (TPSA) is 77.0 Å². The molecule has 3 N–H and O–H groups in total. The SMILES string of the molecule is Cn1cc(C(C)(O)CN)nn1. The minimum absolute atomic E-state index is 0.145. The van der Waals surface area contributed by atoms with Crippen molar-refractivity contribution in [2.75, 3.05) is 6.54 Å². The first-order valence-electron chi connectivity index (χ1n) is 3.35. The Labute approximate surface area is 64.8 Å². The van der Waals surface area contributed by atoms with Crippen molar-refractivity contribution in [3.8, 4) is 0 Å². The van der Waals surface area contributed by atoms with Crippen LogP contribution in [0.1, 0.15) is 12.6 Å². The predicted octanol–water partition coefficient (Wildman–Crippen LogP) is -1.02. The van der Waals surface area contributed by atoms with Gasteiger partial charge in [0, 0.05) is 13.6 Å². The summed E-state index contributed by atoms with van der Waals surface area (Å²) >= 11 is 0. The molecule has 1 aromatic heterocycles. The van der Waals surface area contributed by atoms with Crippen molar-refractivity contribution in [2.24, 2.45) is 12.8 Å². The monoisotopic (exact) mass is 156 g/mol. The Kier molecular flexibility index (Phi) is 1.92. The summed E-state index contributed by atoms with van der Waals surface area (Å²) in [5.74, 6) is 0. The first-order chi connectivity index (χ1) is 5.06. The molecule has 5 heteroatoms. The molecule has 0 saturated heterocycles. The number of hydrogen-bond donors (Lipinski definition) is 2. The molecule has 11 heavy (non-hydrogen) atoms. The van der Waals surface area contributed by atoms with Gasteiger partial charge in [0.25, 0.3) is 0 Å². The van der Waals surface area contributed by atoms with E-state index in [9.17, 15) is 5.11 Å². The molecule has 0 aliphatic rings. The number of nitrogens with zero attached hydrogens (tertiary/aromatic N) is 3. The Balaban J connectivity index is 2.92. The lowest BCUT2D eigenvalue weighted by Crippen LogP contribution is -2.31. The van der Waals surface area contributed by atoms with Gasteiger partial charge in [-0.1, -0.05) is 5.21 Å². The summed E-state index contributed by atoms with van der Waals surface area (Å²) in [7, 11) is 1.74. The smallest absolute Gasteiger partial charge is 0.119 e. The van der Waals surface area contributed by atoms with E-state index in [0.717, 1.165) is 0 Å². The van der Waals surface area contributed by atoms with Crippen molar-refractivity contribution >= 4 is 0 Å². The maximum absolute atomic E-state index is 9.57. The van der Waals surface area contributed by atoms with Gasteiger partial charge in [-0.25, -0.2) is 0 Å².